The van der Waals surface area contributed by atoms with E-state index in [1.54, 1.807) is 24.3 Å². The highest BCUT2D eigenvalue weighted by molar-refractivity contribution is 7.34. The molecule has 0 bridgehead atoms. The van der Waals surface area contributed by atoms with E-state index in [1.807, 2.05) is 50.2 Å². The van der Waals surface area contributed by atoms with E-state index >= 15 is 0 Å². The SMILES string of the molecule is Cc1cccc2c(N)ccc(O[P+](=O)Oc3ccc(N)c4cccc(C)c34)c12. The summed E-state index contributed by atoms with van der Waals surface area (Å²) in [4.78, 5) is 0. The van der Waals surface area contributed by atoms with Gasteiger partial charge in [-0.25, -0.2) is 9.05 Å². The van der Waals surface area contributed by atoms with Gasteiger partial charge in [-0.15, -0.1) is 0 Å². The zero-order valence-electron chi connectivity index (χ0n) is 15.6. The smallest absolute Gasteiger partial charge is 0.398 e. The summed E-state index contributed by atoms with van der Waals surface area (Å²) < 4.78 is 24.1. The lowest BCUT2D eigenvalue weighted by Gasteiger charge is -2.08. The lowest BCUT2D eigenvalue weighted by molar-refractivity contribution is 0.419. The fourth-order valence-corrected chi connectivity index (χ4v) is 4.14. The summed E-state index contributed by atoms with van der Waals surface area (Å²) in [5.74, 6) is 0.944. The van der Waals surface area contributed by atoms with E-state index < -0.39 is 8.25 Å². The van der Waals surface area contributed by atoms with Crippen molar-refractivity contribution in [2.24, 2.45) is 0 Å². The maximum atomic E-state index is 12.7. The summed E-state index contributed by atoms with van der Waals surface area (Å²) in [6.45, 7) is 3.92. The van der Waals surface area contributed by atoms with Crippen LogP contribution in [0, 0.1) is 13.8 Å². The molecule has 4 aromatic carbocycles. The molecule has 6 heteroatoms. The van der Waals surface area contributed by atoms with Crippen LogP contribution in [-0.2, 0) is 4.57 Å². The number of nitrogens with two attached hydrogens (primary N) is 2. The number of aryl methyl sites for hydroxylation is 2. The van der Waals surface area contributed by atoms with Gasteiger partial charge in [0.15, 0.2) is 11.5 Å². The van der Waals surface area contributed by atoms with Gasteiger partial charge in [-0.05, 0) is 49.2 Å². The molecule has 140 valence electrons. The van der Waals surface area contributed by atoms with Gasteiger partial charge in [-0.2, -0.15) is 0 Å². The average Bonchev–Trinajstić information content (AvgIpc) is 2.67. The van der Waals surface area contributed by atoms with E-state index in [9.17, 15) is 4.57 Å². The second-order valence-corrected chi connectivity index (χ2v) is 7.52. The van der Waals surface area contributed by atoms with Crippen LogP contribution >= 0.6 is 8.25 Å². The van der Waals surface area contributed by atoms with Crippen LogP contribution in [0.25, 0.3) is 21.5 Å². The third-order valence-electron chi connectivity index (χ3n) is 4.83. The Morgan fingerprint density at radius 1 is 0.679 bits per heavy atom. The topological polar surface area (TPSA) is 87.6 Å². The van der Waals surface area contributed by atoms with Crippen molar-refractivity contribution in [2.45, 2.75) is 13.8 Å². The first kappa shape index (κ1) is 18.1. The summed E-state index contributed by atoms with van der Waals surface area (Å²) >= 11 is 0. The molecular formula is C22H20N2O3P+. The van der Waals surface area contributed by atoms with Gasteiger partial charge in [0.1, 0.15) is 0 Å². The third-order valence-corrected chi connectivity index (χ3v) is 5.53. The highest BCUT2D eigenvalue weighted by Gasteiger charge is 2.28. The molecule has 0 atom stereocenters. The zero-order chi connectivity index (χ0) is 19.8. The number of hydrogen-bond acceptors (Lipinski definition) is 5. The van der Waals surface area contributed by atoms with E-state index in [-0.39, 0.29) is 0 Å². The molecule has 0 spiro atoms. The van der Waals surface area contributed by atoms with Crippen molar-refractivity contribution < 1.29 is 13.6 Å². The Morgan fingerprint density at radius 3 is 1.54 bits per heavy atom. The van der Waals surface area contributed by atoms with Crippen molar-refractivity contribution in [3.63, 3.8) is 0 Å². The first-order chi connectivity index (χ1) is 13.5. The maximum Gasteiger partial charge on any atom is 0.805 e. The Bertz CT molecular complexity index is 1140. The Morgan fingerprint density at radius 2 is 1.11 bits per heavy atom. The van der Waals surface area contributed by atoms with Gasteiger partial charge < -0.3 is 11.5 Å². The van der Waals surface area contributed by atoms with Crippen molar-refractivity contribution in [3.05, 3.63) is 71.8 Å². The van der Waals surface area contributed by atoms with E-state index in [0.29, 0.717) is 22.9 Å². The monoisotopic (exact) mass is 391 g/mol. The zero-order valence-corrected chi connectivity index (χ0v) is 16.5. The second kappa shape index (κ2) is 7.02. The van der Waals surface area contributed by atoms with E-state index in [0.717, 1.165) is 32.7 Å². The first-order valence-corrected chi connectivity index (χ1v) is 9.94. The molecule has 0 heterocycles. The Balaban J connectivity index is 1.71. The second-order valence-electron chi connectivity index (χ2n) is 6.71. The van der Waals surface area contributed by atoms with Gasteiger partial charge in [-0.1, -0.05) is 36.4 Å². The minimum Gasteiger partial charge on any atom is -0.398 e. The van der Waals surface area contributed by atoms with Gasteiger partial charge >= 0.3 is 8.25 Å². The molecule has 0 radical (unpaired) electrons. The van der Waals surface area contributed by atoms with E-state index in [4.69, 9.17) is 20.5 Å². The Kier molecular flexibility index (Phi) is 4.54. The number of rotatable bonds is 4. The van der Waals surface area contributed by atoms with Crippen molar-refractivity contribution in [1.29, 1.82) is 0 Å². The first-order valence-electron chi connectivity index (χ1n) is 8.84. The van der Waals surface area contributed by atoms with Crippen LogP contribution in [0.3, 0.4) is 0 Å². The molecule has 0 unspecified atom stereocenters. The lowest BCUT2D eigenvalue weighted by atomic mass is 10.0. The molecule has 4 aromatic rings. The van der Waals surface area contributed by atoms with Crippen molar-refractivity contribution in [1.82, 2.24) is 0 Å². The molecule has 0 aliphatic heterocycles. The maximum absolute atomic E-state index is 12.7. The Labute approximate surface area is 163 Å². The van der Waals surface area contributed by atoms with Crippen molar-refractivity contribution in [3.8, 4) is 11.5 Å². The van der Waals surface area contributed by atoms with Gasteiger partial charge in [0.05, 0.1) is 0 Å². The number of nitrogen functional groups attached to an aromatic ring is 2. The predicted molar refractivity (Wildman–Crippen MR) is 115 cm³/mol. The molecule has 0 aliphatic rings. The molecule has 0 aliphatic carbocycles. The standard InChI is InChI=1S/C22H20N2O3P/c1-13-5-3-7-15-17(23)9-11-19(21(13)15)26-28(25)27-20-12-10-18(24)16-8-4-6-14(2)22(16)20/h3-12H,23-24H2,1-2H3/q+1. The summed E-state index contributed by atoms with van der Waals surface area (Å²) in [6, 6.07) is 18.5. The van der Waals surface area contributed by atoms with Gasteiger partial charge in [0, 0.05) is 37.5 Å². The van der Waals surface area contributed by atoms with Crippen molar-refractivity contribution in [2.75, 3.05) is 11.5 Å². The largest absolute Gasteiger partial charge is 0.805 e. The van der Waals surface area contributed by atoms with Crippen LogP contribution in [0.4, 0.5) is 11.4 Å². The molecule has 0 fully saturated rings. The molecule has 4 N–H and O–H groups in total. The van der Waals surface area contributed by atoms with Gasteiger partial charge in [0.2, 0.25) is 0 Å². The Hall–Kier alpha value is -3.30. The van der Waals surface area contributed by atoms with E-state index in [2.05, 4.69) is 0 Å². The molecule has 0 saturated carbocycles. The highest BCUT2D eigenvalue weighted by atomic mass is 31.1. The van der Waals surface area contributed by atoms with Crippen molar-refractivity contribution >= 4 is 41.2 Å². The van der Waals surface area contributed by atoms with Crippen LogP contribution in [0.15, 0.2) is 60.7 Å². The molecule has 0 aromatic heterocycles. The average molecular weight is 391 g/mol. The summed E-state index contributed by atoms with van der Waals surface area (Å²) in [5, 5.41) is 3.37. The third kappa shape index (κ3) is 3.10. The fourth-order valence-electron chi connectivity index (χ4n) is 3.48. The molecular weight excluding hydrogens is 371 g/mol. The van der Waals surface area contributed by atoms with E-state index in [1.165, 1.54) is 0 Å². The predicted octanol–water partition coefficient (Wildman–Crippen LogP) is 5.89. The van der Waals surface area contributed by atoms with Gasteiger partial charge in [-0.3, -0.25) is 0 Å². The molecule has 0 amide bonds. The molecule has 5 nitrogen and oxygen atoms in total. The summed E-state index contributed by atoms with van der Waals surface area (Å²) in [6.07, 6.45) is 0. The quantitative estimate of drug-likeness (QED) is 0.335. The summed E-state index contributed by atoms with van der Waals surface area (Å²) in [5.41, 5.74) is 15.4. The minimum atomic E-state index is -2.46. The van der Waals surface area contributed by atoms with Crippen LogP contribution in [0.1, 0.15) is 11.1 Å². The number of fused-ring (bicyclic) bond motifs is 2. The number of anilines is 2. The minimum absolute atomic E-state index is 0.472. The number of benzene rings is 4. The molecule has 0 saturated heterocycles. The van der Waals surface area contributed by atoms with Crippen LogP contribution in [-0.4, -0.2) is 0 Å². The number of hydrogen-bond donors (Lipinski definition) is 2. The molecule has 4 rings (SSSR count). The normalized spacial score (nSPS) is 10.9. The van der Waals surface area contributed by atoms with Crippen LogP contribution < -0.4 is 20.5 Å². The fraction of sp³-hybridized carbons (Fsp3) is 0.0909. The lowest BCUT2D eigenvalue weighted by Crippen LogP contribution is -1.95. The molecule has 28 heavy (non-hydrogen) atoms. The van der Waals surface area contributed by atoms with Gasteiger partial charge in [0.25, 0.3) is 0 Å². The summed E-state index contributed by atoms with van der Waals surface area (Å²) in [7, 11) is -2.46. The van der Waals surface area contributed by atoms with Crippen LogP contribution in [0.5, 0.6) is 11.5 Å². The highest BCUT2D eigenvalue weighted by Crippen LogP contribution is 2.41. The van der Waals surface area contributed by atoms with Crippen LogP contribution in [0.2, 0.25) is 0 Å².